The summed E-state index contributed by atoms with van der Waals surface area (Å²) >= 11 is 11.8. The molecule has 0 saturated carbocycles. The highest BCUT2D eigenvalue weighted by Gasteiger charge is 2.26. The zero-order valence-electron chi connectivity index (χ0n) is 11.9. The van der Waals surface area contributed by atoms with Crippen LogP contribution in [0.25, 0.3) is 11.0 Å². The third kappa shape index (κ3) is 2.82. The molecule has 3 N–H and O–H groups in total. The van der Waals surface area contributed by atoms with E-state index in [0.717, 1.165) is 0 Å². The van der Waals surface area contributed by atoms with E-state index < -0.39 is 15.9 Å². The largest absolute Gasteiger partial charge is 0.449 e. The Morgan fingerprint density at radius 1 is 1.08 bits per heavy atom. The maximum Gasteiger partial charge on any atom is 0.286 e. The van der Waals surface area contributed by atoms with Gasteiger partial charge in [-0.15, -0.1) is 0 Å². The van der Waals surface area contributed by atoms with Crippen LogP contribution in [-0.2, 0) is 10.0 Å². The molecule has 0 aliphatic heterocycles. The highest BCUT2D eigenvalue weighted by atomic mass is 35.5. The molecule has 3 rings (SSSR count). The Balaban J connectivity index is 2.17. The van der Waals surface area contributed by atoms with E-state index in [1.165, 1.54) is 18.2 Å². The highest BCUT2D eigenvalue weighted by Crippen LogP contribution is 2.35. The number of nitrogens with two attached hydrogens (primary N) is 1. The minimum atomic E-state index is -4.12. The van der Waals surface area contributed by atoms with E-state index in [1.54, 1.807) is 24.3 Å². The van der Waals surface area contributed by atoms with Crippen LogP contribution in [-0.4, -0.2) is 14.3 Å². The number of rotatable bonds is 4. The zero-order chi connectivity index (χ0) is 17.5. The molecule has 0 aliphatic rings. The molecule has 2 aromatic carbocycles. The summed E-state index contributed by atoms with van der Waals surface area (Å²) in [6.07, 6.45) is 0. The van der Waals surface area contributed by atoms with Gasteiger partial charge >= 0.3 is 0 Å². The van der Waals surface area contributed by atoms with Crippen LogP contribution in [0.4, 0.5) is 5.69 Å². The number of halogens is 2. The number of fused-ring (bicyclic) bond motifs is 1. The lowest BCUT2D eigenvalue weighted by atomic mass is 10.2. The molecule has 0 radical (unpaired) electrons. The number of furan rings is 1. The van der Waals surface area contributed by atoms with Gasteiger partial charge in [-0.1, -0.05) is 41.4 Å². The quantitative estimate of drug-likeness (QED) is 0.716. The first kappa shape index (κ1) is 16.6. The Hall–Kier alpha value is -2.22. The summed E-state index contributed by atoms with van der Waals surface area (Å²) < 4.78 is 32.9. The van der Waals surface area contributed by atoms with Gasteiger partial charge in [-0.25, -0.2) is 8.42 Å². The average molecular weight is 385 g/mol. The van der Waals surface area contributed by atoms with Crippen LogP contribution < -0.4 is 10.5 Å². The number of nitrogens with one attached hydrogen (secondary N) is 1. The van der Waals surface area contributed by atoms with Gasteiger partial charge in [-0.2, -0.15) is 0 Å². The van der Waals surface area contributed by atoms with Gasteiger partial charge in [0.1, 0.15) is 16.2 Å². The van der Waals surface area contributed by atoms with Crippen molar-refractivity contribution in [3.8, 4) is 0 Å². The molecule has 0 fully saturated rings. The molecule has 124 valence electrons. The molecule has 9 heteroatoms. The predicted octanol–water partition coefficient (Wildman–Crippen LogP) is 3.64. The van der Waals surface area contributed by atoms with Crippen LogP contribution in [0.5, 0.6) is 0 Å². The molecular weight excluding hydrogens is 375 g/mol. The first-order valence-electron chi connectivity index (χ1n) is 6.59. The van der Waals surface area contributed by atoms with Crippen molar-refractivity contribution >= 4 is 55.8 Å². The van der Waals surface area contributed by atoms with Crippen molar-refractivity contribution in [2.45, 2.75) is 4.90 Å². The Morgan fingerprint density at radius 3 is 2.50 bits per heavy atom. The SMILES string of the molecule is NC(=O)c1oc2ccccc2c1NS(=O)(=O)c1cccc(Cl)c1Cl. The number of amides is 1. The van der Waals surface area contributed by atoms with Gasteiger partial charge in [0, 0.05) is 5.39 Å². The third-order valence-corrected chi connectivity index (χ3v) is 5.58. The first-order valence-corrected chi connectivity index (χ1v) is 8.83. The van der Waals surface area contributed by atoms with Gasteiger partial charge in [0.05, 0.1) is 10.0 Å². The van der Waals surface area contributed by atoms with Crippen molar-refractivity contribution in [3.05, 3.63) is 58.3 Å². The van der Waals surface area contributed by atoms with Crippen LogP contribution in [0.3, 0.4) is 0 Å². The van der Waals surface area contributed by atoms with Crippen molar-refractivity contribution in [2.24, 2.45) is 5.73 Å². The topological polar surface area (TPSA) is 102 Å². The number of hydrogen-bond acceptors (Lipinski definition) is 4. The van der Waals surface area contributed by atoms with Crippen molar-refractivity contribution in [3.63, 3.8) is 0 Å². The molecule has 1 amide bonds. The van der Waals surface area contributed by atoms with Crippen LogP contribution in [0.15, 0.2) is 51.8 Å². The molecule has 0 atom stereocenters. The monoisotopic (exact) mass is 384 g/mol. The smallest absolute Gasteiger partial charge is 0.286 e. The normalized spacial score (nSPS) is 11.6. The van der Waals surface area contributed by atoms with E-state index in [4.69, 9.17) is 33.4 Å². The molecular formula is C15H10Cl2N2O4S. The van der Waals surface area contributed by atoms with Gasteiger partial charge in [0.15, 0.2) is 0 Å². The van der Waals surface area contributed by atoms with Gasteiger partial charge in [-0.3, -0.25) is 9.52 Å². The molecule has 6 nitrogen and oxygen atoms in total. The number of sulfonamides is 1. The predicted molar refractivity (Wildman–Crippen MR) is 92.0 cm³/mol. The Kier molecular flexibility index (Phi) is 4.16. The van der Waals surface area contributed by atoms with Crippen molar-refractivity contribution < 1.29 is 17.6 Å². The molecule has 3 aromatic rings. The molecule has 24 heavy (non-hydrogen) atoms. The maximum absolute atomic E-state index is 12.6. The number of anilines is 1. The summed E-state index contributed by atoms with van der Waals surface area (Å²) in [5.41, 5.74) is 5.55. The van der Waals surface area contributed by atoms with Gasteiger partial charge in [-0.05, 0) is 24.3 Å². The van der Waals surface area contributed by atoms with Crippen LogP contribution in [0.1, 0.15) is 10.6 Å². The fraction of sp³-hybridized carbons (Fsp3) is 0. The van der Waals surface area contributed by atoms with E-state index in [-0.39, 0.29) is 26.4 Å². The summed E-state index contributed by atoms with van der Waals surface area (Å²) in [6, 6.07) is 10.8. The van der Waals surface area contributed by atoms with E-state index in [9.17, 15) is 13.2 Å². The van der Waals surface area contributed by atoms with Crippen molar-refractivity contribution in [1.82, 2.24) is 0 Å². The second kappa shape index (κ2) is 6.01. The molecule has 0 unspecified atom stereocenters. The molecule has 0 bridgehead atoms. The number of para-hydroxylation sites is 1. The van der Waals surface area contributed by atoms with Crippen LogP contribution >= 0.6 is 23.2 Å². The van der Waals surface area contributed by atoms with E-state index >= 15 is 0 Å². The average Bonchev–Trinajstić information content (AvgIpc) is 2.88. The number of benzene rings is 2. The lowest BCUT2D eigenvalue weighted by Gasteiger charge is -2.10. The lowest BCUT2D eigenvalue weighted by molar-refractivity contribution is 0.0977. The van der Waals surface area contributed by atoms with Gasteiger partial charge < -0.3 is 10.2 Å². The molecule has 0 aliphatic carbocycles. The second-order valence-corrected chi connectivity index (χ2v) is 7.26. The Morgan fingerprint density at radius 2 is 1.79 bits per heavy atom. The number of carbonyl (C=O) groups excluding carboxylic acids is 1. The van der Waals surface area contributed by atoms with Gasteiger partial charge in [0.25, 0.3) is 15.9 Å². The highest BCUT2D eigenvalue weighted by molar-refractivity contribution is 7.92. The molecule has 0 spiro atoms. The number of carbonyl (C=O) groups is 1. The fourth-order valence-corrected chi connectivity index (χ4v) is 4.05. The molecule has 1 aromatic heterocycles. The minimum Gasteiger partial charge on any atom is -0.449 e. The molecule has 0 saturated heterocycles. The summed E-state index contributed by atoms with van der Waals surface area (Å²) in [7, 11) is -4.12. The first-order chi connectivity index (χ1) is 11.3. The fourth-order valence-electron chi connectivity index (χ4n) is 2.20. The minimum absolute atomic E-state index is 0.0471. The van der Waals surface area contributed by atoms with Crippen LogP contribution in [0, 0.1) is 0 Å². The van der Waals surface area contributed by atoms with E-state index in [1.807, 2.05) is 0 Å². The maximum atomic E-state index is 12.6. The Labute approximate surface area is 147 Å². The summed E-state index contributed by atoms with van der Waals surface area (Å²) in [4.78, 5) is 11.4. The zero-order valence-corrected chi connectivity index (χ0v) is 14.2. The van der Waals surface area contributed by atoms with Crippen molar-refractivity contribution in [2.75, 3.05) is 4.72 Å². The number of hydrogen-bond donors (Lipinski definition) is 2. The van der Waals surface area contributed by atoms with Gasteiger partial charge in [0.2, 0.25) is 5.76 Å². The van der Waals surface area contributed by atoms with Crippen molar-refractivity contribution in [1.29, 1.82) is 0 Å². The van der Waals surface area contributed by atoms with E-state index in [2.05, 4.69) is 4.72 Å². The van der Waals surface area contributed by atoms with Crippen LogP contribution in [0.2, 0.25) is 10.0 Å². The second-order valence-electron chi connectivity index (χ2n) is 4.82. The number of primary amides is 1. The summed E-state index contributed by atoms with van der Waals surface area (Å²) in [5, 5.41) is 0.361. The lowest BCUT2D eigenvalue weighted by Crippen LogP contribution is -2.17. The van der Waals surface area contributed by atoms with E-state index in [0.29, 0.717) is 11.0 Å². The summed E-state index contributed by atoms with van der Waals surface area (Å²) in [5.74, 6) is -1.20. The third-order valence-electron chi connectivity index (χ3n) is 3.26. The molecule has 1 heterocycles. The summed E-state index contributed by atoms with van der Waals surface area (Å²) in [6.45, 7) is 0. The Bertz CT molecular complexity index is 1060. The standard InChI is InChI=1S/C15H10Cl2N2O4S/c16-9-5-3-7-11(12(9)17)24(21,22)19-13-8-4-1-2-6-10(8)23-14(13)15(18)20/h1-7,19H,(H2,18,20).